The maximum Gasteiger partial charge on any atom is 0.316 e. The molecule has 1 N–H and O–H groups in total. The van der Waals surface area contributed by atoms with Crippen LogP contribution < -0.4 is 10.1 Å². The van der Waals surface area contributed by atoms with E-state index in [0.29, 0.717) is 32.4 Å². The molecule has 1 aromatic heterocycles. The number of anilines is 1. The van der Waals surface area contributed by atoms with Gasteiger partial charge in [-0.2, -0.15) is 0 Å². The van der Waals surface area contributed by atoms with Crippen molar-refractivity contribution >= 4 is 51.7 Å². The monoisotopic (exact) mass is 387 g/mol. The topological polar surface area (TPSA) is 90.4 Å². The van der Waals surface area contributed by atoms with Crippen LogP contribution in [0.5, 0.6) is 5.75 Å². The molecule has 2 rings (SSSR count). The highest BCUT2D eigenvalue weighted by Crippen LogP contribution is 2.27. The molecule has 1 aromatic carbocycles. The minimum Gasteiger partial charge on any atom is -0.496 e. The molecule has 0 atom stereocenters. The summed E-state index contributed by atoms with van der Waals surface area (Å²) in [7, 11) is 1.47. The summed E-state index contributed by atoms with van der Waals surface area (Å²) in [5.41, 5.74) is 0.293. The minimum atomic E-state index is -0.410. The van der Waals surface area contributed by atoms with Crippen molar-refractivity contribution in [3.8, 4) is 5.75 Å². The minimum absolute atomic E-state index is 0.137. The third kappa shape index (κ3) is 5.08. The number of halogens is 1. The first kappa shape index (κ1) is 18.5. The Hall–Kier alpha value is -1.84. The number of hydrogen-bond donors (Lipinski definition) is 1. The van der Waals surface area contributed by atoms with Crippen LogP contribution >= 0.6 is 34.7 Å². The largest absolute Gasteiger partial charge is 0.496 e. The number of carbonyl (C=O) groups is 2. The summed E-state index contributed by atoms with van der Waals surface area (Å²) in [6, 6.07) is 4.75. The van der Waals surface area contributed by atoms with Crippen LogP contribution in [0.2, 0.25) is 5.02 Å². The molecule has 2 aromatic rings. The zero-order valence-corrected chi connectivity index (χ0v) is 15.3. The van der Waals surface area contributed by atoms with Crippen LogP contribution in [-0.2, 0) is 9.53 Å². The van der Waals surface area contributed by atoms with Crippen molar-refractivity contribution < 1.29 is 19.1 Å². The predicted octanol–water partition coefficient (Wildman–Crippen LogP) is 3.11. The van der Waals surface area contributed by atoms with Gasteiger partial charge in [-0.15, -0.1) is 10.2 Å². The number of carbonyl (C=O) groups excluding carboxylic acids is 2. The van der Waals surface area contributed by atoms with E-state index in [4.69, 9.17) is 21.1 Å². The number of nitrogens with zero attached hydrogens (tertiary/aromatic N) is 2. The molecule has 1 heterocycles. The SMILES string of the molecule is CCOC(=O)CSc1nnc(NC(=O)c2cc(Cl)ccc2OC)s1. The molecule has 0 aliphatic carbocycles. The Labute approximate surface area is 151 Å². The quantitative estimate of drug-likeness (QED) is 0.443. The van der Waals surface area contributed by atoms with E-state index in [1.54, 1.807) is 19.1 Å². The number of thioether (sulfide) groups is 1. The molecule has 0 aliphatic rings. The summed E-state index contributed by atoms with van der Waals surface area (Å²) in [5, 5.41) is 11.1. The molecule has 1 amide bonds. The zero-order chi connectivity index (χ0) is 17.5. The smallest absolute Gasteiger partial charge is 0.316 e. The normalized spacial score (nSPS) is 10.3. The molecule has 0 saturated carbocycles. The molecular weight excluding hydrogens is 374 g/mol. The Morgan fingerprint density at radius 3 is 2.88 bits per heavy atom. The van der Waals surface area contributed by atoms with E-state index in [2.05, 4.69) is 15.5 Å². The molecule has 0 spiro atoms. The Morgan fingerprint density at radius 1 is 1.38 bits per heavy atom. The van der Waals surface area contributed by atoms with Gasteiger partial charge in [-0.1, -0.05) is 34.7 Å². The van der Waals surface area contributed by atoms with Crippen LogP contribution in [0, 0.1) is 0 Å². The van der Waals surface area contributed by atoms with Gasteiger partial charge in [0.2, 0.25) is 5.13 Å². The maximum atomic E-state index is 12.3. The standard InChI is InChI=1S/C14H14ClN3O4S2/c1-3-22-11(19)7-23-14-18-17-13(24-14)16-12(20)9-6-8(15)4-5-10(9)21-2/h4-6H,3,7H2,1-2H3,(H,16,17,20). The fourth-order valence-electron chi connectivity index (χ4n) is 1.66. The van der Waals surface area contributed by atoms with Gasteiger partial charge in [0.05, 0.1) is 25.0 Å². The summed E-state index contributed by atoms with van der Waals surface area (Å²) in [4.78, 5) is 23.6. The second kappa shape index (κ2) is 8.86. The van der Waals surface area contributed by atoms with Gasteiger partial charge in [0.25, 0.3) is 5.91 Å². The molecule has 0 fully saturated rings. The van der Waals surface area contributed by atoms with Crippen molar-refractivity contribution in [1.82, 2.24) is 10.2 Å². The number of methoxy groups -OCH3 is 1. The Bertz CT molecular complexity index is 739. The highest BCUT2D eigenvalue weighted by Gasteiger charge is 2.16. The molecule has 7 nitrogen and oxygen atoms in total. The van der Waals surface area contributed by atoms with Gasteiger partial charge in [0, 0.05) is 5.02 Å². The molecule has 0 saturated heterocycles. The van der Waals surface area contributed by atoms with E-state index in [1.165, 1.54) is 24.9 Å². The number of rotatable bonds is 7. The first-order valence-corrected chi connectivity index (χ1v) is 8.98. The summed E-state index contributed by atoms with van der Waals surface area (Å²) >= 11 is 8.27. The van der Waals surface area contributed by atoms with Gasteiger partial charge in [0.1, 0.15) is 5.75 Å². The van der Waals surface area contributed by atoms with Crippen molar-refractivity contribution in [3.05, 3.63) is 28.8 Å². The fourth-order valence-corrected chi connectivity index (χ4v) is 3.38. The van der Waals surface area contributed by atoms with E-state index in [1.807, 2.05) is 0 Å². The molecular formula is C14H14ClN3O4S2. The Morgan fingerprint density at radius 2 is 2.17 bits per heavy atom. The van der Waals surface area contributed by atoms with Gasteiger partial charge in [0.15, 0.2) is 4.34 Å². The van der Waals surface area contributed by atoms with E-state index in [9.17, 15) is 9.59 Å². The summed E-state index contributed by atoms with van der Waals surface area (Å²) in [6.07, 6.45) is 0. The summed E-state index contributed by atoms with van der Waals surface area (Å²) < 4.78 is 10.5. The predicted molar refractivity (Wildman–Crippen MR) is 93.2 cm³/mol. The van der Waals surface area contributed by atoms with E-state index in [-0.39, 0.29) is 11.7 Å². The summed E-state index contributed by atoms with van der Waals surface area (Å²) in [5.74, 6) is -0.198. The maximum absolute atomic E-state index is 12.3. The Balaban J connectivity index is 2.00. The number of esters is 1. The third-order valence-corrected chi connectivity index (χ3v) is 4.83. The second-order valence-corrected chi connectivity index (χ2v) is 6.90. The van der Waals surface area contributed by atoms with Crippen LogP contribution in [-0.4, -0.2) is 41.5 Å². The third-order valence-electron chi connectivity index (χ3n) is 2.65. The summed E-state index contributed by atoms with van der Waals surface area (Å²) in [6.45, 7) is 2.07. The van der Waals surface area contributed by atoms with Crippen LogP contribution in [0.3, 0.4) is 0 Å². The lowest BCUT2D eigenvalue weighted by Gasteiger charge is -2.07. The van der Waals surface area contributed by atoms with Crippen molar-refractivity contribution in [2.75, 3.05) is 24.8 Å². The van der Waals surface area contributed by atoms with Gasteiger partial charge in [-0.25, -0.2) is 0 Å². The van der Waals surface area contributed by atoms with Crippen LogP contribution in [0.4, 0.5) is 5.13 Å². The second-order valence-electron chi connectivity index (χ2n) is 4.27. The zero-order valence-electron chi connectivity index (χ0n) is 12.9. The van der Waals surface area contributed by atoms with E-state index in [0.717, 1.165) is 11.3 Å². The number of benzene rings is 1. The fraction of sp³-hybridized carbons (Fsp3) is 0.286. The van der Waals surface area contributed by atoms with Crippen LogP contribution in [0.15, 0.2) is 22.5 Å². The first-order valence-electron chi connectivity index (χ1n) is 6.80. The lowest BCUT2D eigenvalue weighted by Crippen LogP contribution is -2.13. The van der Waals surface area contributed by atoms with Crippen LogP contribution in [0.25, 0.3) is 0 Å². The lowest BCUT2D eigenvalue weighted by atomic mass is 10.2. The molecule has 0 radical (unpaired) electrons. The molecule has 128 valence electrons. The molecule has 0 unspecified atom stereocenters. The molecule has 0 aliphatic heterocycles. The number of aromatic nitrogens is 2. The van der Waals surface area contributed by atoms with E-state index >= 15 is 0 Å². The molecule has 24 heavy (non-hydrogen) atoms. The van der Waals surface area contributed by atoms with Gasteiger partial charge in [-0.3, -0.25) is 14.9 Å². The first-order chi connectivity index (χ1) is 11.5. The van der Waals surface area contributed by atoms with Gasteiger partial charge < -0.3 is 9.47 Å². The van der Waals surface area contributed by atoms with Crippen molar-refractivity contribution in [3.63, 3.8) is 0 Å². The van der Waals surface area contributed by atoms with Crippen molar-refractivity contribution in [1.29, 1.82) is 0 Å². The van der Waals surface area contributed by atoms with Crippen LogP contribution in [0.1, 0.15) is 17.3 Å². The van der Waals surface area contributed by atoms with Crippen molar-refractivity contribution in [2.24, 2.45) is 0 Å². The van der Waals surface area contributed by atoms with Crippen molar-refractivity contribution in [2.45, 2.75) is 11.3 Å². The number of hydrogen-bond acceptors (Lipinski definition) is 8. The lowest BCUT2D eigenvalue weighted by molar-refractivity contribution is -0.139. The average Bonchev–Trinajstić information content (AvgIpc) is 3.00. The molecule has 10 heteroatoms. The highest BCUT2D eigenvalue weighted by atomic mass is 35.5. The number of nitrogens with one attached hydrogen (secondary N) is 1. The van der Waals surface area contributed by atoms with Gasteiger partial charge >= 0.3 is 5.97 Å². The number of ether oxygens (including phenoxy) is 2. The Kier molecular flexibility index (Phi) is 6.83. The van der Waals surface area contributed by atoms with Gasteiger partial charge in [-0.05, 0) is 25.1 Å². The highest BCUT2D eigenvalue weighted by molar-refractivity contribution is 8.01. The van der Waals surface area contributed by atoms with E-state index < -0.39 is 5.91 Å². The average molecular weight is 388 g/mol. The number of amides is 1. The molecule has 0 bridgehead atoms.